The van der Waals surface area contributed by atoms with Gasteiger partial charge in [-0.25, -0.2) is 0 Å². The highest BCUT2D eigenvalue weighted by molar-refractivity contribution is 6.08. The Bertz CT molecular complexity index is 714. The fourth-order valence-corrected chi connectivity index (χ4v) is 4.03. The lowest BCUT2D eigenvalue weighted by Gasteiger charge is -2.35. The van der Waals surface area contributed by atoms with Gasteiger partial charge >= 0.3 is 0 Å². The number of aliphatic hydroxyl groups is 1. The Balaban J connectivity index is 1.71. The molecule has 2 aromatic carbocycles. The lowest BCUT2D eigenvalue weighted by atomic mass is 9.82. The Morgan fingerprint density at radius 3 is 2.50 bits per heavy atom. The standard InChI is InChI=1S/C21H25O4Si/c22-17-7-4-14(5-8-17)12-16-6-9-18(13-20(16)24)25-21-15(10-11-26)2-1-3-19(21)23/h4-9,13,15,19,21-24H,1-3,10-12H2. The van der Waals surface area contributed by atoms with Crippen molar-refractivity contribution in [2.45, 2.75) is 50.4 Å². The van der Waals surface area contributed by atoms with Crippen molar-refractivity contribution >= 4 is 10.2 Å². The minimum absolute atomic E-state index is 0.178. The Morgan fingerprint density at radius 2 is 1.81 bits per heavy atom. The highest BCUT2D eigenvalue weighted by Gasteiger charge is 2.33. The van der Waals surface area contributed by atoms with Gasteiger partial charge in [-0.15, -0.1) is 0 Å². The zero-order valence-electron chi connectivity index (χ0n) is 14.8. The first-order chi connectivity index (χ1) is 12.6. The third-order valence-corrected chi connectivity index (χ3v) is 5.38. The van der Waals surface area contributed by atoms with Crippen LogP contribution in [0.2, 0.25) is 6.04 Å². The van der Waals surface area contributed by atoms with Crippen molar-refractivity contribution in [1.29, 1.82) is 0 Å². The first kappa shape index (κ1) is 18.8. The van der Waals surface area contributed by atoms with Gasteiger partial charge in [0.2, 0.25) is 0 Å². The molecule has 3 N–H and O–H groups in total. The summed E-state index contributed by atoms with van der Waals surface area (Å²) in [5.74, 6) is 1.31. The summed E-state index contributed by atoms with van der Waals surface area (Å²) in [4.78, 5) is 0. The molecule has 0 amide bonds. The van der Waals surface area contributed by atoms with Crippen LogP contribution in [-0.2, 0) is 6.42 Å². The van der Waals surface area contributed by atoms with E-state index in [0.717, 1.165) is 42.9 Å². The van der Waals surface area contributed by atoms with Crippen molar-refractivity contribution in [2.75, 3.05) is 0 Å². The predicted molar refractivity (Wildman–Crippen MR) is 102 cm³/mol. The molecule has 0 bridgehead atoms. The van der Waals surface area contributed by atoms with E-state index in [9.17, 15) is 15.3 Å². The highest BCUT2D eigenvalue weighted by atomic mass is 28.1. The molecule has 2 aromatic rings. The molecule has 3 rings (SSSR count). The number of phenols is 2. The van der Waals surface area contributed by atoms with Crippen LogP contribution in [0.25, 0.3) is 0 Å². The average Bonchev–Trinajstić information content (AvgIpc) is 2.62. The number of aliphatic hydroxyl groups excluding tert-OH is 1. The molecule has 1 saturated carbocycles. The zero-order chi connectivity index (χ0) is 18.5. The van der Waals surface area contributed by atoms with Crippen LogP contribution in [0.4, 0.5) is 0 Å². The van der Waals surface area contributed by atoms with E-state index < -0.39 is 6.10 Å². The third-order valence-electron chi connectivity index (χ3n) is 5.09. The molecule has 0 aliphatic heterocycles. The van der Waals surface area contributed by atoms with Crippen molar-refractivity contribution in [3.8, 4) is 17.2 Å². The molecule has 5 heteroatoms. The summed E-state index contributed by atoms with van der Waals surface area (Å²) < 4.78 is 6.07. The second kappa shape index (κ2) is 8.60. The second-order valence-corrected chi connectivity index (χ2v) is 7.51. The Hall–Kier alpha value is -1.98. The van der Waals surface area contributed by atoms with Crippen LogP contribution >= 0.6 is 0 Å². The second-order valence-electron chi connectivity index (χ2n) is 7.01. The first-order valence-corrected chi connectivity index (χ1v) is 9.86. The van der Waals surface area contributed by atoms with Crippen molar-refractivity contribution in [3.63, 3.8) is 0 Å². The molecule has 0 spiro atoms. The van der Waals surface area contributed by atoms with Crippen LogP contribution in [0.1, 0.15) is 36.8 Å². The highest BCUT2D eigenvalue weighted by Crippen LogP contribution is 2.33. The number of phenolic OH excluding ortho intramolecular Hbond substituents is 2. The molecule has 0 aromatic heterocycles. The minimum atomic E-state index is -0.467. The van der Waals surface area contributed by atoms with E-state index in [4.69, 9.17) is 4.74 Å². The van der Waals surface area contributed by atoms with E-state index in [-0.39, 0.29) is 17.6 Å². The smallest absolute Gasteiger partial charge is 0.127 e. The van der Waals surface area contributed by atoms with E-state index in [2.05, 4.69) is 10.2 Å². The molecule has 26 heavy (non-hydrogen) atoms. The predicted octanol–water partition coefficient (Wildman–Crippen LogP) is 3.57. The number of benzene rings is 2. The summed E-state index contributed by atoms with van der Waals surface area (Å²) in [7, 11) is 3.53. The summed E-state index contributed by atoms with van der Waals surface area (Å²) in [6.07, 6.45) is 3.67. The number of aromatic hydroxyl groups is 2. The summed E-state index contributed by atoms with van der Waals surface area (Å²) >= 11 is 0. The minimum Gasteiger partial charge on any atom is -0.508 e. The molecule has 1 aliphatic rings. The van der Waals surface area contributed by atoms with E-state index in [1.165, 1.54) is 0 Å². The Morgan fingerprint density at radius 1 is 1.04 bits per heavy atom. The van der Waals surface area contributed by atoms with Crippen LogP contribution in [-0.4, -0.2) is 37.8 Å². The summed E-state index contributed by atoms with van der Waals surface area (Å²) in [5.41, 5.74) is 1.80. The first-order valence-electron chi connectivity index (χ1n) is 9.16. The van der Waals surface area contributed by atoms with E-state index in [1.54, 1.807) is 18.2 Å². The molecule has 3 unspecified atom stereocenters. The van der Waals surface area contributed by atoms with Crippen molar-refractivity contribution in [2.24, 2.45) is 5.92 Å². The molecular formula is C21H25O4Si. The fraction of sp³-hybridized carbons (Fsp3) is 0.429. The van der Waals surface area contributed by atoms with Gasteiger partial charge in [0.15, 0.2) is 0 Å². The van der Waals surface area contributed by atoms with Crippen LogP contribution in [0.5, 0.6) is 17.2 Å². The maximum absolute atomic E-state index is 10.4. The van der Waals surface area contributed by atoms with Crippen molar-refractivity contribution < 1.29 is 20.1 Å². The molecule has 0 heterocycles. The van der Waals surface area contributed by atoms with Crippen molar-refractivity contribution in [1.82, 2.24) is 0 Å². The maximum atomic E-state index is 10.4. The quantitative estimate of drug-likeness (QED) is 0.681. The maximum Gasteiger partial charge on any atom is 0.127 e. The van der Waals surface area contributed by atoms with E-state index >= 15 is 0 Å². The van der Waals surface area contributed by atoms with Gasteiger partial charge in [0, 0.05) is 22.7 Å². The molecule has 1 aliphatic carbocycles. The third kappa shape index (κ3) is 4.59. The zero-order valence-corrected chi connectivity index (χ0v) is 15.8. The summed E-state index contributed by atoms with van der Waals surface area (Å²) in [6, 6.07) is 13.2. The topological polar surface area (TPSA) is 69.9 Å². The SMILES string of the molecule is Oc1ccc(Cc2ccc(OC3C(O)CCCC3CC[Si])cc2O)cc1. The van der Waals surface area contributed by atoms with Gasteiger partial charge in [0.25, 0.3) is 0 Å². The molecule has 0 saturated heterocycles. The number of hydrogen-bond donors (Lipinski definition) is 3. The largest absolute Gasteiger partial charge is 0.508 e. The van der Waals surface area contributed by atoms with Crippen LogP contribution in [0.3, 0.4) is 0 Å². The van der Waals surface area contributed by atoms with Gasteiger partial charge < -0.3 is 20.1 Å². The van der Waals surface area contributed by atoms with Gasteiger partial charge in [-0.1, -0.05) is 30.7 Å². The van der Waals surface area contributed by atoms with Crippen LogP contribution in [0, 0.1) is 5.92 Å². The number of hydrogen-bond acceptors (Lipinski definition) is 4. The molecule has 137 valence electrons. The van der Waals surface area contributed by atoms with Gasteiger partial charge in [-0.2, -0.15) is 0 Å². The summed E-state index contributed by atoms with van der Waals surface area (Å²) in [6.45, 7) is 0. The Kier molecular flexibility index (Phi) is 6.22. The molecular weight excluding hydrogens is 344 g/mol. The number of ether oxygens (including phenoxy) is 1. The fourth-order valence-electron chi connectivity index (χ4n) is 3.66. The van der Waals surface area contributed by atoms with Gasteiger partial charge in [0.1, 0.15) is 23.4 Å². The number of rotatable bonds is 6. The lowest BCUT2D eigenvalue weighted by Crippen LogP contribution is -2.41. The van der Waals surface area contributed by atoms with Crippen molar-refractivity contribution in [3.05, 3.63) is 53.6 Å². The van der Waals surface area contributed by atoms with Gasteiger partial charge in [-0.05, 0) is 54.5 Å². The lowest BCUT2D eigenvalue weighted by molar-refractivity contribution is -0.0297. The Labute approximate surface area is 157 Å². The van der Waals surface area contributed by atoms with Gasteiger partial charge in [0.05, 0.1) is 6.10 Å². The summed E-state index contributed by atoms with van der Waals surface area (Å²) in [5, 5.41) is 30.1. The normalized spacial score (nSPS) is 22.9. The van der Waals surface area contributed by atoms with Gasteiger partial charge in [-0.3, -0.25) is 0 Å². The average molecular weight is 370 g/mol. The van der Waals surface area contributed by atoms with E-state index in [0.29, 0.717) is 18.1 Å². The molecule has 3 atom stereocenters. The molecule has 3 radical (unpaired) electrons. The van der Waals surface area contributed by atoms with E-state index in [1.807, 2.05) is 24.3 Å². The monoisotopic (exact) mass is 369 g/mol. The molecule has 1 fully saturated rings. The van der Waals surface area contributed by atoms with Crippen LogP contribution < -0.4 is 4.74 Å². The van der Waals surface area contributed by atoms with Crippen LogP contribution in [0.15, 0.2) is 42.5 Å². The molecule has 4 nitrogen and oxygen atoms in total.